The number of hydrogen-bond donors (Lipinski definition) is 0. The zero-order chi connectivity index (χ0) is 15.7. The van der Waals surface area contributed by atoms with Crippen LogP contribution in [0.3, 0.4) is 0 Å². The number of rotatable bonds is 3. The van der Waals surface area contributed by atoms with Crippen molar-refractivity contribution in [3.63, 3.8) is 0 Å². The van der Waals surface area contributed by atoms with Gasteiger partial charge in [-0.05, 0) is 6.07 Å². The van der Waals surface area contributed by atoms with Gasteiger partial charge in [-0.3, -0.25) is 0 Å². The number of halogens is 9. The van der Waals surface area contributed by atoms with Gasteiger partial charge in [0.1, 0.15) is 5.69 Å². The van der Waals surface area contributed by atoms with E-state index in [9.17, 15) is 35.1 Å². The fourth-order valence-corrected chi connectivity index (χ4v) is 1.80. The molecule has 11 heteroatoms. The maximum Gasteiger partial charge on any atom is 0.574 e. The van der Waals surface area contributed by atoms with E-state index in [0.29, 0.717) is 0 Å². The van der Waals surface area contributed by atoms with Crippen molar-refractivity contribution in [3.8, 4) is 5.88 Å². The smallest absolute Gasteiger partial charge is 0.388 e. The fraction of sp³-hybridized carbons (Fsp3) is 0.444. The Morgan fingerprint density at radius 3 is 2.05 bits per heavy atom. The highest BCUT2D eigenvalue weighted by atomic mass is 79.9. The number of hydrogen-bond acceptors (Lipinski definition) is 2. The first-order valence-corrected chi connectivity index (χ1v) is 5.78. The Labute approximate surface area is 114 Å². The van der Waals surface area contributed by atoms with Gasteiger partial charge in [-0.2, -0.15) is 13.2 Å². The van der Waals surface area contributed by atoms with Crippen LogP contribution in [0.4, 0.5) is 35.1 Å². The van der Waals surface area contributed by atoms with Crippen molar-refractivity contribution in [1.82, 2.24) is 4.98 Å². The highest BCUT2D eigenvalue weighted by Gasteiger charge is 2.39. The molecule has 0 atom stereocenters. The molecule has 1 aromatic rings. The zero-order valence-electron chi connectivity index (χ0n) is 9.12. The van der Waals surface area contributed by atoms with Crippen LogP contribution in [0.5, 0.6) is 5.88 Å². The van der Waals surface area contributed by atoms with Crippen LogP contribution in [0.25, 0.3) is 0 Å². The van der Waals surface area contributed by atoms with Crippen LogP contribution in [-0.2, 0) is 11.5 Å². The Balaban J connectivity index is 3.51. The first kappa shape index (κ1) is 16.9. The molecule has 0 fully saturated rings. The molecule has 0 N–H and O–H groups in total. The summed E-state index contributed by atoms with van der Waals surface area (Å²) in [5.74, 6) is -1.56. The molecule has 0 amide bonds. The molecule has 0 saturated carbocycles. The summed E-state index contributed by atoms with van der Waals surface area (Å²) in [7, 11) is 0. The molecule has 1 rings (SSSR count). The van der Waals surface area contributed by atoms with Crippen molar-refractivity contribution in [3.05, 3.63) is 22.9 Å². The van der Waals surface area contributed by atoms with Gasteiger partial charge in [-0.25, -0.2) is 13.8 Å². The van der Waals surface area contributed by atoms with Gasteiger partial charge >= 0.3 is 12.5 Å². The maximum absolute atomic E-state index is 12.7. The van der Waals surface area contributed by atoms with E-state index in [0.717, 1.165) is 0 Å². The van der Waals surface area contributed by atoms with Crippen LogP contribution < -0.4 is 4.74 Å². The van der Waals surface area contributed by atoms with Gasteiger partial charge < -0.3 is 4.74 Å². The molecule has 20 heavy (non-hydrogen) atoms. The van der Waals surface area contributed by atoms with E-state index < -0.39 is 47.0 Å². The summed E-state index contributed by atoms with van der Waals surface area (Å²) in [5, 5.41) is -0.705. The molecule has 2 nitrogen and oxygen atoms in total. The van der Waals surface area contributed by atoms with Crippen LogP contribution in [-0.4, -0.2) is 11.3 Å². The predicted octanol–water partition coefficient (Wildman–Crippen LogP) is 4.83. The van der Waals surface area contributed by atoms with E-state index in [2.05, 4.69) is 25.7 Å². The predicted molar refractivity (Wildman–Crippen MR) is 53.5 cm³/mol. The van der Waals surface area contributed by atoms with Crippen molar-refractivity contribution < 1.29 is 39.9 Å². The minimum absolute atomic E-state index is 0.00943. The molecule has 0 radical (unpaired) electrons. The third kappa shape index (κ3) is 4.18. The van der Waals surface area contributed by atoms with E-state index in [1.165, 1.54) is 0 Å². The number of aromatic nitrogens is 1. The Hall–Kier alpha value is -1.13. The van der Waals surface area contributed by atoms with E-state index >= 15 is 0 Å². The lowest BCUT2D eigenvalue weighted by Crippen LogP contribution is -2.21. The number of ether oxygens (including phenoxy) is 1. The summed E-state index contributed by atoms with van der Waals surface area (Å²) in [5.41, 5.74) is -4.14. The summed E-state index contributed by atoms with van der Waals surface area (Å²) in [6.45, 7) is 0. The molecule has 0 aliphatic heterocycles. The van der Waals surface area contributed by atoms with E-state index in [4.69, 9.17) is 0 Å². The average molecular weight is 374 g/mol. The number of nitrogens with zero attached hydrogens (tertiary/aromatic N) is 1. The third-order valence-corrected chi connectivity index (χ3v) is 2.54. The molecule has 0 saturated heterocycles. The summed E-state index contributed by atoms with van der Waals surface area (Å²) in [4.78, 5) is 2.78. The number of pyridine rings is 1. The van der Waals surface area contributed by atoms with Crippen LogP contribution in [0.1, 0.15) is 23.2 Å². The largest absolute Gasteiger partial charge is 0.574 e. The van der Waals surface area contributed by atoms with Gasteiger partial charge in [-0.1, -0.05) is 15.9 Å². The first-order valence-electron chi connectivity index (χ1n) is 4.66. The highest BCUT2D eigenvalue weighted by molar-refractivity contribution is 9.08. The fourth-order valence-electron chi connectivity index (χ4n) is 1.26. The van der Waals surface area contributed by atoms with Gasteiger partial charge in [0.15, 0.2) is 0 Å². The second-order valence-corrected chi connectivity index (χ2v) is 3.92. The van der Waals surface area contributed by atoms with Crippen LogP contribution in [0, 0.1) is 0 Å². The van der Waals surface area contributed by atoms with Crippen molar-refractivity contribution >= 4 is 15.9 Å². The summed E-state index contributed by atoms with van der Waals surface area (Å²) in [6, 6.07) is -0.00943. The third-order valence-electron chi connectivity index (χ3n) is 1.98. The Morgan fingerprint density at radius 1 is 1.15 bits per heavy atom. The van der Waals surface area contributed by atoms with Gasteiger partial charge in [0.05, 0.1) is 5.56 Å². The van der Waals surface area contributed by atoms with Crippen molar-refractivity contribution in [1.29, 1.82) is 0 Å². The zero-order valence-corrected chi connectivity index (χ0v) is 10.7. The molecule has 0 aromatic carbocycles. The minimum Gasteiger partial charge on any atom is -0.388 e. The molecule has 0 aliphatic carbocycles. The van der Waals surface area contributed by atoms with Crippen LogP contribution >= 0.6 is 15.9 Å². The SMILES string of the molecule is FC(F)c1cc(C(F)(F)F)c(CBr)c(OC(F)(F)F)n1. The van der Waals surface area contributed by atoms with Gasteiger partial charge in [0, 0.05) is 10.9 Å². The van der Waals surface area contributed by atoms with Crippen LogP contribution in [0.15, 0.2) is 6.07 Å². The maximum atomic E-state index is 12.7. The lowest BCUT2D eigenvalue weighted by atomic mass is 10.1. The van der Waals surface area contributed by atoms with Crippen molar-refractivity contribution in [2.75, 3.05) is 0 Å². The van der Waals surface area contributed by atoms with Gasteiger partial charge in [-0.15, -0.1) is 13.2 Å². The molecule has 1 aromatic heterocycles. The molecule has 0 spiro atoms. The van der Waals surface area contributed by atoms with Gasteiger partial charge in [0.25, 0.3) is 6.43 Å². The molecule has 114 valence electrons. The Bertz CT molecular complexity index is 484. The van der Waals surface area contributed by atoms with Crippen molar-refractivity contribution in [2.45, 2.75) is 24.3 Å². The molecular weight excluding hydrogens is 370 g/mol. The van der Waals surface area contributed by atoms with Gasteiger partial charge in [0.2, 0.25) is 5.88 Å². The second kappa shape index (κ2) is 5.70. The quantitative estimate of drug-likeness (QED) is 0.559. The molecule has 0 aliphatic rings. The molecule has 0 bridgehead atoms. The topological polar surface area (TPSA) is 22.1 Å². The Kier molecular flexibility index (Phi) is 4.82. The Morgan fingerprint density at radius 2 is 1.70 bits per heavy atom. The lowest BCUT2D eigenvalue weighted by Gasteiger charge is -2.17. The standard InChI is InChI=1S/C9H4BrF8NO/c10-2-3-4(8(13,14)15)1-5(6(11)12)19-7(3)20-9(16,17)18/h1,6H,2H2. The summed E-state index contributed by atoms with van der Waals surface area (Å²) < 4.78 is 102. The van der Waals surface area contributed by atoms with Crippen molar-refractivity contribution in [2.24, 2.45) is 0 Å². The van der Waals surface area contributed by atoms with Crippen LogP contribution in [0.2, 0.25) is 0 Å². The first-order chi connectivity index (χ1) is 8.95. The molecule has 0 unspecified atom stereocenters. The second-order valence-electron chi connectivity index (χ2n) is 3.36. The highest BCUT2D eigenvalue weighted by Crippen LogP contribution is 2.39. The minimum atomic E-state index is -5.35. The summed E-state index contributed by atoms with van der Waals surface area (Å²) in [6.07, 6.45) is -14.0. The molecule has 1 heterocycles. The molecular formula is C9H4BrF8NO. The summed E-state index contributed by atoms with van der Waals surface area (Å²) >= 11 is 2.55. The normalized spacial score (nSPS) is 12.9. The van der Waals surface area contributed by atoms with E-state index in [1.807, 2.05) is 0 Å². The van der Waals surface area contributed by atoms with E-state index in [-0.39, 0.29) is 6.07 Å². The lowest BCUT2D eigenvalue weighted by molar-refractivity contribution is -0.276. The number of alkyl halides is 9. The monoisotopic (exact) mass is 373 g/mol. The average Bonchev–Trinajstić information content (AvgIpc) is 2.24. The van der Waals surface area contributed by atoms with E-state index in [1.54, 1.807) is 0 Å².